The van der Waals surface area contributed by atoms with Crippen molar-refractivity contribution >= 4 is 22.8 Å². The van der Waals surface area contributed by atoms with Crippen molar-refractivity contribution < 1.29 is 14.4 Å². The van der Waals surface area contributed by atoms with Gasteiger partial charge < -0.3 is 9.47 Å². The standard InChI is InChI=1S/C27H30N6O4/c1-2-30-27(24-15-25-22(18-28-19-29-25)14-26(24)33(34)35)16-21(17-31-27)12-20-4-3-5-23(13-20)37-11-8-32-6-9-36-10-7-32/h3-5,13-19,30H,2,6-12H2,1H3. The summed E-state index contributed by atoms with van der Waals surface area (Å²) in [6, 6.07) is 11.3. The van der Waals surface area contributed by atoms with Crippen LogP contribution >= 0.6 is 0 Å². The molecule has 1 atom stereocenters. The quantitative estimate of drug-likeness (QED) is 0.332. The molecular weight excluding hydrogens is 472 g/mol. The van der Waals surface area contributed by atoms with Crippen LogP contribution in [0.2, 0.25) is 0 Å². The summed E-state index contributed by atoms with van der Waals surface area (Å²) in [5.41, 5.74) is 2.06. The van der Waals surface area contributed by atoms with E-state index in [1.165, 1.54) is 12.4 Å². The Kier molecular flexibility index (Phi) is 7.50. The molecule has 0 radical (unpaired) electrons. The fourth-order valence-electron chi connectivity index (χ4n) is 4.80. The largest absolute Gasteiger partial charge is 0.492 e. The third-order valence-corrected chi connectivity index (χ3v) is 6.59. The Bertz CT molecular complexity index is 1340. The van der Waals surface area contributed by atoms with E-state index in [1.807, 2.05) is 37.3 Å². The number of allylic oxidation sites excluding steroid dienone is 1. The van der Waals surface area contributed by atoms with Crippen molar-refractivity contribution in [2.24, 2.45) is 4.99 Å². The van der Waals surface area contributed by atoms with E-state index in [1.54, 1.807) is 18.5 Å². The van der Waals surface area contributed by atoms with E-state index in [2.05, 4.69) is 20.2 Å². The second-order valence-electron chi connectivity index (χ2n) is 9.11. The molecule has 0 aliphatic carbocycles. The smallest absolute Gasteiger partial charge is 0.277 e. The third kappa shape index (κ3) is 5.66. The van der Waals surface area contributed by atoms with Gasteiger partial charge in [0.1, 0.15) is 18.7 Å². The summed E-state index contributed by atoms with van der Waals surface area (Å²) in [6.45, 7) is 7.44. The first-order valence-electron chi connectivity index (χ1n) is 12.5. The molecule has 3 aromatic rings. The van der Waals surface area contributed by atoms with Crippen LogP contribution in [0, 0.1) is 10.1 Å². The van der Waals surface area contributed by atoms with E-state index in [0.29, 0.717) is 36.0 Å². The summed E-state index contributed by atoms with van der Waals surface area (Å²) in [6.07, 6.45) is 7.41. The lowest BCUT2D eigenvalue weighted by atomic mass is 9.94. The number of likely N-dealkylation sites (N-methyl/N-ethyl adjacent to an activating group) is 1. The van der Waals surface area contributed by atoms with Crippen molar-refractivity contribution in [1.29, 1.82) is 0 Å². The molecule has 37 heavy (non-hydrogen) atoms. The molecule has 1 N–H and O–H groups in total. The zero-order valence-electron chi connectivity index (χ0n) is 20.8. The summed E-state index contributed by atoms with van der Waals surface area (Å²) in [4.78, 5) is 27.0. The molecule has 1 aromatic heterocycles. The Balaban J connectivity index is 1.35. The maximum atomic E-state index is 12.0. The van der Waals surface area contributed by atoms with Crippen LogP contribution in [0.3, 0.4) is 0 Å². The number of hydrogen-bond acceptors (Lipinski definition) is 9. The molecule has 1 unspecified atom stereocenters. The average Bonchev–Trinajstić information content (AvgIpc) is 3.32. The lowest BCUT2D eigenvalue weighted by molar-refractivity contribution is -0.385. The number of nitro benzene ring substituents is 1. The molecule has 192 valence electrons. The Hall–Kier alpha value is -3.73. The van der Waals surface area contributed by atoms with Gasteiger partial charge in [0.2, 0.25) is 0 Å². The Morgan fingerprint density at radius 1 is 1.24 bits per heavy atom. The molecule has 2 aliphatic heterocycles. The summed E-state index contributed by atoms with van der Waals surface area (Å²) >= 11 is 0. The fourth-order valence-corrected chi connectivity index (χ4v) is 4.80. The van der Waals surface area contributed by atoms with E-state index in [0.717, 1.165) is 49.7 Å². The van der Waals surface area contributed by atoms with Crippen molar-refractivity contribution in [1.82, 2.24) is 20.2 Å². The van der Waals surface area contributed by atoms with Crippen molar-refractivity contribution in [2.75, 3.05) is 46.0 Å². The van der Waals surface area contributed by atoms with Crippen molar-refractivity contribution in [3.8, 4) is 5.75 Å². The van der Waals surface area contributed by atoms with Gasteiger partial charge in [-0.05, 0) is 48.4 Å². The van der Waals surface area contributed by atoms with Gasteiger partial charge in [0, 0.05) is 43.5 Å². The molecule has 5 rings (SSSR count). The minimum absolute atomic E-state index is 0.0198. The predicted octanol–water partition coefficient (Wildman–Crippen LogP) is 3.26. The minimum Gasteiger partial charge on any atom is -0.492 e. The molecule has 3 heterocycles. The van der Waals surface area contributed by atoms with Gasteiger partial charge in [-0.2, -0.15) is 0 Å². The number of aromatic nitrogens is 2. The van der Waals surface area contributed by atoms with Crippen molar-refractivity contribution in [3.63, 3.8) is 0 Å². The summed E-state index contributed by atoms with van der Waals surface area (Å²) in [5, 5.41) is 16.0. The summed E-state index contributed by atoms with van der Waals surface area (Å²) < 4.78 is 11.4. The Labute approximate surface area is 215 Å². The topological polar surface area (TPSA) is 115 Å². The second kappa shape index (κ2) is 11.1. The molecular formula is C27H30N6O4. The van der Waals surface area contributed by atoms with Gasteiger partial charge in [0.05, 0.1) is 29.2 Å². The van der Waals surface area contributed by atoms with Crippen LogP contribution in [0.4, 0.5) is 5.69 Å². The van der Waals surface area contributed by atoms with Crippen LogP contribution in [0.15, 0.2) is 65.6 Å². The number of nitrogens with one attached hydrogen (secondary N) is 1. The van der Waals surface area contributed by atoms with Gasteiger partial charge in [0.15, 0.2) is 5.66 Å². The normalized spacial score (nSPS) is 19.8. The third-order valence-electron chi connectivity index (χ3n) is 6.59. The van der Waals surface area contributed by atoms with Crippen LogP contribution in [-0.2, 0) is 16.8 Å². The molecule has 1 fully saturated rings. The van der Waals surface area contributed by atoms with Crippen LogP contribution in [0.5, 0.6) is 5.75 Å². The minimum atomic E-state index is -1.04. The maximum absolute atomic E-state index is 12.0. The van der Waals surface area contributed by atoms with Gasteiger partial charge in [0.25, 0.3) is 5.69 Å². The van der Waals surface area contributed by atoms with E-state index >= 15 is 0 Å². The molecule has 0 saturated carbocycles. The molecule has 10 heteroatoms. The molecule has 0 amide bonds. The fraction of sp³-hybridized carbons (Fsp3) is 0.370. The van der Waals surface area contributed by atoms with Gasteiger partial charge >= 0.3 is 0 Å². The van der Waals surface area contributed by atoms with E-state index in [-0.39, 0.29) is 10.6 Å². The number of nitrogens with zero attached hydrogens (tertiary/aromatic N) is 5. The first kappa shape index (κ1) is 24.9. The number of benzene rings is 2. The van der Waals surface area contributed by atoms with Crippen molar-refractivity contribution in [3.05, 3.63) is 81.8 Å². The van der Waals surface area contributed by atoms with E-state index < -0.39 is 5.66 Å². The van der Waals surface area contributed by atoms with Gasteiger partial charge in [-0.3, -0.25) is 25.3 Å². The molecule has 2 aromatic carbocycles. The highest BCUT2D eigenvalue weighted by Crippen LogP contribution is 2.38. The van der Waals surface area contributed by atoms with Crippen LogP contribution < -0.4 is 10.1 Å². The number of aliphatic imine (C=N–C) groups is 1. The molecule has 0 spiro atoms. The van der Waals surface area contributed by atoms with Crippen LogP contribution in [0.25, 0.3) is 10.9 Å². The molecule has 10 nitrogen and oxygen atoms in total. The lowest BCUT2D eigenvalue weighted by Crippen LogP contribution is -2.38. The molecule has 1 saturated heterocycles. The highest BCUT2D eigenvalue weighted by Gasteiger charge is 2.38. The second-order valence-corrected chi connectivity index (χ2v) is 9.11. The number of nitro groups is 1. The molecule has 2 aliphatic rings. The summed E-state index contributed by atoms with van der Waals surface area (Å²) in [5.74, 6) is 0.823. The Morgan fingerprint density at radius 3 is 2.92 bits per heavy atom. The van der Waals surface area contributed by atoms with Gasteiger partial charge in [-0.1, -0.05) is 19.1 Å². The highest BCUT2D eigenvalue weighted by atomic mass is 16.6. The molecule has 0 bridgehead atoms. The lowest BCUT2D eigenvalue weighted by Gasteiger charge is -2.26. The van der Waals surface area contributed by atoms with Crippen LogP contribution in [-0.4, -0.2) is 72.0 Å². The SMILES string of the molecule is CCNC1(c2cc3ncncc3cc2[N+](=O)[O-])C=C(Cc2cccc(OCCN3CCOCC3)c2)C=N1. The van der Waals surface area contributed by atoms with Crippen molar-refractivity contribution in [2.45, 2.75) is 19.0 Å². The average molecular weight is 503 g/mol. The predicted molar refractivity (Wildman–Crippen MR) is 141 cm³/mol. The zero-order chi connectivity index (χ0) is 25.7. The van der Waals surface area contributed by atoms with Gasteiger partial charge in [-0.15, -0.1) is 0 Å². The Morgan fingerprint density at radius 2 is 2.11 bits per heavy atom. The van der Waals surface area contributed by atoms with Crippen LogP contribution in [0.1, 0.15) is 18.1 Å². The number of morpholine rings is 1. The van der Waals surface area contributed by atoms with E-state index in [4.69, 9.17) is 14.5 Å². The maximum Gasteiger partial charge on any atom is 0.277 e. The summed E-state index contributed by atoms with van der Waals surface area (Å²) in [7, 11) is 0. The number of hydrogen-bond donors (Lipinski definition) is 1. The highest BCUT2D eigenvalue weighted by molar-refractivity contribution is 5.86. The first-order chi connectivity index (χ1) is 18.1. The van der Waals surface area contributed by atoms with Gasteiger partial charge in [-0.25, -0.2) is 9.97 Å². The number of fused-ring (bicyclic) bond motifs is 1. The first-order valence-corrected chi connectivity index (χ1v) is 12.5. The number of rotatable bonds is 10. The zero-order valence-corrected chi connectivity index (χ0v) is 20.8. The van der Waals surface area contributed by atoms with E-state index in [9.17, 15) is 10.1 Å². The monoisotopic (exact) mass is 502 g/mol. The number of ether oxygens (including phenoxy) is 2.